The molecule has 1 aromatic rings. The van der Waals surface area contributed by atoms with Gasteiger partial charge in [0.2, 0.25) is 5.91 Å². The molecule has 0 spiro atoms. The normalized spacial score (nSPS) is 11.8. The van der Waals surface area contributed by atoms with Crippen LogP contribution >= 0.6 is 0 Å². The van der Waals surface area contributed by atoms with Crippen molar-refractivity contribution < 1.29 is 9.18 Å². The zero-order valence-corrected chi connectivity index (χ0v) is 13.5. The third-order valence-corrected chi connectivity index (χ3v) is 3.11. The van der Waals surface area contributed by atoms with E-state index in [4.69, 9.17) is 5.73 Å². The molecular weight excluding hydrogens is 269 g/mol. The molecule has 1 aromatic carbocycles. The Morgan fingerprint density at radius 3 is 2.48 bits per heavy atom. The smallest absolute Gasteiger partial charge is 0.236 e. The van der Waals surface area contributed by atoms with Gasteiger partial charge in [-0.25, -0.2) is 4.39 Å². The minimum atomic E-state index is -0.400. The first-order valence-corrected chi connectivity index (χ1v) is 7.18. The molecule has 0 bridgehead atoms. The maximum atomic E-state index is 13.6. The van der Waals surface area contributed by atoms with E-state index >= 15 is 0 Å². The van der Waals surface area contributed by atoms with E-state index in [1.165, 1.54) is 12.1 Å². The summed E-state index contributed by atoms with van der Waals surface area (Å²) in [4.78, 5) is 13.2. The average Bonchev–Trinajstić information content (AvgIpc) is 2.32. The van der Waals surface area contributed by atoms with Crippen molar-refractivity contribution in [3.8, 4) is 0 Å². The van der Waals surface area contributed by atoms with Crippen molar-refractivity contribution in [3.05, 3.63) is 29.6 Å². The Morgan fingerprint density at radius 1 is 1.38 bits per heavy atom. The lowest BCUT2D eigenvalue weighted by Crippen LogP contribution is -2.40. The van der Waals surface area contributed by atoms with E-state index < -0.39 is 5.91 Å². The molecule has 0 saturated heterocycles. The van der Waals surface area contributed by atoms with Crippen LogP contribution in [0.15, 0.2) is 18.2 Å². The third-order valence-electron chi connectivity index (χ3n) is 3.11. The molecule has 3 N–H and O–H groups in total. The van der Waals surface area contributed by atoms with E-state index in [9.17, 15) is 9.18 Å². The zero-order chi connectivity index (χ0) is 16.2. The molecule has 1 rings (SSSR count). The molecule has 0 unspecified atom stereocenters. The van der Waals surface area contributed by atoms with Gasteiger partial charge in [-0.15, -0.1) is 0 Å². The summed E-state index contributed by atoms with van der Waals surface area (Å²) < 4.78 is 13.6. The van der Waals surface area contributed by atoms with Crippen molar-refractivity contribution >= 4 is 11.6 Å². The molecule has 5 heteroatoms. The highest BCUT2D eigenvalue weighted by molar-refractivity contribution is 5.80. The van der Waals surface area contributed by atoms with Crippen LogP contribution in [0.25, 0.3) is 0 Å². The van der Waals surface area contributed by atoms with Gasteiger partial charge < -0.3 is 16.0 Å². The van der Waals surface area contributed by atoms with Crippen molar-refractivity contribution in [1.82, 2.24) is 5.32 Å². The minimum Gasteiger partial charge on any atom is -0.368 e. The molecule has 1 amide bonds. The summed E-state index contributed by atoms with van der Waals surface area (Å²) in [5, 5.41) is 3.34. The number of rotatable bonds is 6. The fourth-order valence-corrected chi connectivity index (χ4v) is 2.05. The predicted octanol–water partition coefficient (Wildman–Crippen LogP) is 2.41. The van der Waals surface area contributed by atoms with Crippen LogP contribution in [-0.4, -0.2) is 24.0 Å². The Morgan fingerprint density at radius 2 is 2.00 bits per heavy atom. The monoisotopic (exact) mass is 295 g/mol. The van der Waals surface area contributed by atoms with Gasteiger partial charge >= 0.3 is 0 Å². The molecule has 0 heterocycles. The van der Waals surface area contributed by atoms with Crippen LogP contribution in [0.1, 0.15) is 40.2 Å². The number of nitrogens with zero attached hydrogens (tertiary/aromatic N) is 1. The van der Waals surface area contributed by atoms with E-state index in [1.807, 2.05) is 18.7 Å². The number of nitrogens with two attached hydrogens (primary N) is 1. The lowest BCUT2D eigenvalue weighted by molar-refractivity contribution is -0.116. The lowest BCUT2D eigenvalue weighted by atomic mass is 10.1. The molecule has 0 aromatic heterocycles. The van der Waals surface area contributed by atoms with Gasteiger partial charge in [0.25, 0.3) is 0 Å². The SMILES string of the molecule is CC(C)N(CC(N)=O)c1ccc(F)cc1CNC(C)(C)C. The first-order chi connectivity index (χ1) is 9.60. The number of hydrogen-bond donors (Lipinski definition) is 2. The van der Waals surface area contributed by atoms with Crippen molar-refractivity contribution in [1.29, 1.82) is 0 Å². The van der Waals surface area contributed by atoms with Gasteiger partial charge in [0, 0.05) is 23.8 Å². The molecule has 21 heavy (non-hydrogen) atoms. The molecule has 118 valence electrons. The highest BCUT2D eigenvalue weighted by atomic mass is 19.1. The van der Waals surface area contributed by atoms with Crippen molar-refractivity contribution in [2.45, 2.75) is 52.7 Å². The second-order valence-electron chi connectivity index (χ2n) is 6.56. The molecular formula is C16H26FN3O. The fraction of sp³-hybridized carbons (Fsp3) is 0.562. The second-order valence-corrected chi connectivity index (χ2v) is 6.56. The largest absolute Gasteiger partial charge is 0.368 e. The number of carbonyl (C=O) groups excluding carboxylic acids is 1. The van der Waals surface area contributed by atoms with Crippen LogP contribution in [-0.2, 0) is 11.3 Å². The quantitative estimate of drug-likeness (QED) is 0.847. The standard InChI is InChI=1S/C16H26FN3O/c1-11(2)20(10-15(18)21)14-7-6-13(17)8-12(14)9-19-16(3,4)5/h6-8,11,19H,9-10H2,1-5H3,(H2,18,21). The van der Waals surface area contributed by atoms with Gasteiger partial charge in [-0.2, -0.15) is 0 Å². The molecule has 0 fully saturated rings. The second kappa shape index (κ2) is 6.89. The Kier molecular flexibility index (Phi) is 5.72. The van der Waals surface area contributed by atoms with E-state index in [0.29, 0.717) is 6.54 Å². The molecule has 0 aliphatic rings. The van der Waals surface area contributed by atoms with E-state index in [1.54, 1.807) is 6.07 Å². The lowest BCUT2D eigenvalue weighted by Gasteiger charge is -2.31. The van der Waals surface area contributed by atoms with Gasteiger partial charge in [-0.05, 0) is 58.4 Å². The summed E-state index contributed by atoms with van der Waals surface area (Å²) in [6.45, 7) is 10.8. The zero-order valence-electron chi connectivity index (χ0n) is 13.5. The van der Waals surface area contributed by atoms with Crippen molar-refractivity contribution in [2.75, 3.05) is 11.4 Å². The average molecular weight is 295 g/mol. The third kappa shape index (κ3) is 5.71. The Bertz CT molecular complexity index is 495. The predicted molar refractivity (Wildman–Crippen MR) is 84.7 cm³/mol. The highest BCUT2D eigenvalue weighted by Crippen LogP contribution is 2.24. The molecule has 0 radical (unpaired) electrons. The molecule has 4 nitrogen and oxygen atoms in total. The number of hydrogen-bond acceptors (Lipinski definition) is 3. The van der Waals surface area contributed by atoms with Crippen LogP contribution in [0.2, 0.25) is 0 Å². The summed E-state index contributed by atoms with van der Waals surface area (Å²) in [5.74, 6) is -0.685. The van der Waals surface area contributed by atoms with Gasteiger partial charge in [-0.1, -0.05) is 0 Å². The first-order valence-electron chi connectivity index (χ1n) is 7.18. The summed E-state index contributed by atoms with van der Waals surface area (Å²) >= 11 is 0. The van der Waals surface area contributed by atoms with Crippen LogP contribution in [0.4, 0.5) is 10.1 Å². The van der Waals surface area contributed by atoms with Crippen LogP contribution < -0.4 is 16.0 Å². The van der Waals surface area contributed by atoms with Crippen LogP contribution in [0, 0.1) is 5.82 Å². The molecule has 0 aliphatic heterocycles. The summed E-state index contributed by atoms with van der Waals surface area (Å²) in [6.07, 6.45) is 0. The number of carbonyl (C=O) groups is 1. The Hall–Kier alpha value is -1.62. The summed E-state index contributed by atoms with van der Waals surface area (Å²) in [7, 11) is 0. The molecule has 0 aliphatic carbocycles. The molecule has 0 saturated carbocycles. The summed E-state index contributed by atoms with van der Waals surface area (Å²) in [6, 6.07) is 4.71. The topological polar surface area (TPSA) is 58.4 Å². The van der Waals surface area contributed by atoms with E-state index in [-0.39, 0.29) is 23.9 Å². The van der Waals surface area contributed by atoms with Crippen LogP contribution in [0.5, 0.6) is 0 Å². The Balaban J connectivity index is 3.11. The van der Waals surface area contributed by atoms with Crippen molar-refractivity contribution in [2.24, 2.45) is 5.73 Å². The van der Waals surface area contributed by atoms with Gasteiger partial charge in [-0.3, -0.25) is 4.79 Å². The maximum absolute atomic E-state index is 13.6. The maximum Gasteiger partial charge on any atom is 0.236 e. The van der Waals surface area contributed by atoms with Gasteiger partial charge in [0.15, 0.2) is 0 Å². The number of nitrogens with one attached hydrogen (secondary N) is 1. The van der Waals surface area contributed by atoms with Gasteiger partial charge in [0.1, 0.15) is 5.82 Å². The van der Waals surface area contributed by atoms with E-state index in [0.717, 1.165) is 11.3 Å². The number of halogens is 1. The van der Waals surface area contributed by atoms with Crippen molar-refractivity contribution in [3.63, 3.8) is 0 Å². The highest BCUT2D eigenvalue weighted by Gasteiger charge is 2.18. The molecule has 0 atom stereocenters. The first kappa shape index (κ1) is 17.4. The summed E-state index contributed by atoms with van der Waals surface area (Å²) in [5.41, 5.74) is 6.90. The van der Waals surface area contributed by atoms with Crippen LogP contribution in [0.3, 0.4) is 0 Å². The van der Waals surface area contributed by atoms with E-state index in [2.05, 4.69) is 26.1 Å². The number of benzene rings is 1. The fourth-order valence-electron chi connectivity index (χ4n) is 2.05. The number of primary amides is 1. The number of amides is 1. The minimum absolute atomic E-state index is 0.0735. The Labute approximate surface area is 126 Å². The van der Waals surface area contributed by atoms with Gasteiger partial charge in [0.05, 0.1) is 6.54 Å². The number of anilines is 1.